The van der Waals surface area contributed by atoms with Crippen molar-refractivity contribution in [2.75, 3.05) is 0 Å². The summed E-state index contributed by atoms with van der Waals surface area (Å²) in [5.41, 5.74) is 0. The molecule has 0 aromatic heterocycles. The molecule has 0 amide bonds. The van der Waals surface area contributed by atoms with Crippen LogP contribution < -0.4 is 4.13 Å². The van der Waals surface area contributed by atoms with Crippen LogP contribution in [0.4, 0.5) is 7.77 Å². The van der Waals surface area contributed by atoms with E-state index in [4.69, 9.17) is 0 Å². The second-order valence-electron chi connectivity index (χ2n) is 0.899. The van der Waals surface area contributed by atoms with Gasteiger partial charge < -0.3 is 0 Å². The third kappa shape index (κ3) is 7.72. The number of hydrogen-bond acceptors (Lipinski definition) is 4. The van der Waals surface area contributed by atoms with Crippen molar-refractivity contribution < 1.29 is 24.6 Å². The average Bonchev–Trinajstić information content (AvgIpc) is 1.14. The molecular formula is F2NO4S2. The third-order valence-corrected chi connectivity index (χ3v) is 1.60. The van der Waals surface area contributed by atoms with Gasteiger partial charge in [0.1, 0.15) is 0 Å². The first-order valence-corrected chi connectivity index (χ1v) is 4.02. The van der Waals surface area contributed by atoms with Crippen LogP contribution in [0.3, 0.4) is 0 Å². The Hall–Kier alpha value is -0.280. The quantitative estimate of drug-likeness (QED) is 0.511. The van der Waals surface area contributed by atoms with E-state index in [0.717, 1.165) is 4.13 Å². The van der Waals surface area contributed by atoms with Crippen LogP contribution in [0.2, 0.25) is 0 Å². The number of nitrogens with zero attached hydrogens (tertiary/aromatic N) is 1. The van der Waals surface area contributed by atoms with Crippen molar-refractivity contribution in [1.29, 1.82) is 0 Å². The first kappa shape index (κ1) is 8.72. The minimum Gasteiger partial charge on any atom is -0.174 e. The van der Waals surface area contributed by atoms with Crippen molar-refractivity contribution in [3.8, 4) is 0 Å². The van der Waals surface area contributed by atoms with Crippen LogP contribution in [0.5, 0.6) is 0 Å². The Labute approximate surface area is 50.4 Å². The molecular weight excluding hydrogens is 180 g/mol. The number of rotatable bonds is 2. The topological polar surface area (TPSA) is 82.4 Å². The van der Waals surface area contributed by atoms with E-state index in [1.807, 2.05) is 0 Å². The van der Waals surface area contributed by atoms with Gasteiger partial charge in [-0.2, -0.15) is 16.8 Å². The van der Waals surface area contributed by atoms with Gasteiger partial charge in [0.05, 0.1) is 4.13 Å². The molecule has 0 atom stereocenters. The van der Waals surface area contributed by atoms with Gasteiger partial charge in [0.15, 0.2) is 0 Å². The van der Waals surface area contributed by atoms with E-state index in [2.05, 4.69) is 0 Å². The second-order valence-corrected chi connectivity index (χ2v) is 3.14. The van der Waals surface area contributed by atoms with E-state index in [1.165, 1.54) is 0 Å². The van der Waals surface area contributed by atoms with E-state index in [9.17, 15) is 24.6 Å². The molecule has 9 heteroatoms. The highest BCUT2D eigenvalue weighted by molar-refractivity contribution is 7.99. The Balaban J connectivity index is 4.46. The summed E-state index contributed by atoms with van der Waals surface area (Å²) in [6.45, 7) is 0. The minimum atomic E-state index is -5.62. The highest BCUT2D eigenvalue weighted by Crippen LogP contribution is 1.93. The van der Waals surface area contributed by atoms with E-state index in [1.54, 1.807) is 0 Å². The third-order valence-electron chi connectivity index (χ3n) is 0.178. The van der Waals surface area contributed by atoms with Crippen LogP contribution in [0.25, 0.3) is 0 Å². The Morgan fingerprint density at radius 2 is 1.11 bits per heavy atom. The maximum atomic E-state index is 11.1. The molecule has 0 aliphatic heterocycles. The van der Waals surface area contributed by atoms with Gasteiger partial charge in [0, 0.05) is 0 Å². The molecule has 0 saturated heterocycles. The van der Waals surface area contributed by atoms with Crippen LogP contribution in [0, 0.1) is 0 Å². The molecule has 0 unspecified atom stereocenters. The molecule has 0 saturated carbocycles. The van der Waals surface area contributed by atoms with Crippen molar-refractivity contribution in [3.05, 3.63) is 0 Å². The van der Waals surface area contributed by atoms with E-state index < -0.39 is 20.8 Å². The van der Waals surface area contributed by atoms with Gasteiger partial charge in [-0.25, -0.2) is 0 Å². The molecule has 0 rings (SSSR count). The Morgan fingerprint density at radius 1 is 0.889 bits per heavy atom. The smallest absolute Gasteiger partial charge is 0.174 e. The summed E-state index contributed by atoms with van der Waals surface area (Å²) in [5.74, 6) is 0. The molecule has 0 bridgehead atoms. The van der Waals surface area contributed by atoms with Crippen molar-refractivity contribution in [3.63, 3.8) is 0 Å². The summed E-state index contributed by atoms with van der Waals surface area (Å²) in [4.78, 5) is 0. The van der Waals surface area contributed by atoms with Gasteiger partial charge in [-0.3, -0.25) is 0 Å². The Kier molecular flexibility index (Phi) is 2.09. The SMILES string of the molecule is O=S(=O)(F)[N]S(=O)(=O)F. The van der Waals surface area contributed by atoms with Gasteiger partial charge in [-0.15, -0.1) is 0 Å². The van der Waals surface area contributed by atoms with Gasteiger partial charge in [0.2, 0.25) is 0 Å². The lowest BCUT2D eigenvalue weighted by molar-refractivity contribution is 0.526. The molecule has 5 nitrogen and oxygen atoms in total. The fourth-order valence-electron chi connectivity index (χ4n) is 0.106. The lowest BCUT2D eigenvalue weighted by Gasteiger charge is -1.83. The standard InChI is InChI=1S/F2NO4S2/c1-8(4,5)3-9(2,6)7. The maximum Gasteiger partial charge on any atom is 0.406 e. The molecule has 0 aromatic rings. The molecule has 0 fully saturated rings. The highest BCUT2D eigenvalue weighted by atomic mass is 32.3. The fourth-order valence-corrected chi connectivity index (χ4v) is 0.957. The van der Waals surface area contributed by atoms with Crippen molar-refractivity contribution in [1.82, 2.24) is 4.13 Å². The predicted octanol–water partition coefficient (Wildman–Crippen LogP) is -0.981. The first-order valence-electron chi connectivity index (χ1n) is 1.34. The molecule has 9 heavy (non-hydrogen) atoms. The average molecular weight is 180 g/mol. The molecule has 1 radical (unpaired) electrons. The monoisotopic (exact) mass is 180 g/mol. The van der Waals surface area contributed by atoms with Gasteiger partial charge in [-0.1, -0.05) is 7.77 Å². The summed E-state index contributed by atoms with van der Waals surface area (Å²) in [6, 6.07) is 0. The van der Waals surface area contributed by atoms with E-state index in [-0.39, 0.29) is 0 Å². The molecule has 0 spiro atoms. The number of hydrogen-bond donors (Lipinski definition) is 0. The van der Waals surface area contributed by atoms with E-state index in [0.29, 0.717) is 0 Å². The second kappa shape index (κ2) is 2.15. The Bertz CT molecular complexity index is 242. The van der Waals surface area contributed by atoms with Crippen LogP contribution in [-0.2, 0) is 20.8 Å². The summed E-state index contributed by atoms with van der Waals surface area (Å²) >= 11 is 0. The zero-order chi connectivity index (χ0) is 7.71. The minimum absolute atomic E-state index is 1.15. The zero-order valence-electron chi connectivity index (χ0n) is 3.65. The van der Waals surface area contributed by atoms with Crippen molar-refractivity contribution in [2.45, 2.75) is 0 Å². The summed E-state index contributed by atoms with van der Waals surface area (Å²) < 4.78 is 60.1. The lowest BCUT2D eigenvalue weighted by atomic mass is 13.9. The summed E-state index contributed by atoms with van der Waals surface area (Å²) in [5, 5.41) is 0. The lowest BCUT2D eigenvalue weighted by Crippen LogP contribution is -2.14. The van der Waals surface area contributed by atoms with Gasteiger partial charge in [0.25, 0.3) is 0 Å². The zero-order valence-corrected chi connectivity index (χ0v) is 5.29. The van der Waals surface area contributed by atoms with Crippen LogP contribution in [-0.4, -0.2) is 16.8 Å². The first-order chi connectivity index (χ1) is 3.71. The van der Waals surface area contributed by atoms with E-state index >= 15 is 0 Å². The predicted molar refractivity (Wildman–Crippen MR) is 22.2 cm³/mol. The molecule has 55 valence electrons. The summed E-state index contributed by atoms with van der Waals surface area (Å²) in [6.07, 6.45) is 0. The van der Waals surface area contributed by atoms with Crippen molar-refractivity contribution >= 4 is 20.8 Å². The molecule has 0 heterocycles. The molecule has 0 aromatic carbocycles. The summed E-state index contributed by atoms with van der Waals surface area (Å²) in [7, 11) is -11.2. The van der Waals surface area contributed by atoms with Gasteiger partial charge >= 0.3 is 20.8 Å². The molecule has 0 aliphatic carbocycles. The molecule has 0 aliphatic rings. The van der Waals surface area contributed by atoms with Crippen molar-refractivity contribution in [2.24, 2.45) is 0 Å². The molecule has 0 N–H and O–H groups in total. The van der Waals surface area contributed by atoms with Gasteiger partial charge in [-0.05, 0) is 0 Å². The van der Waals surface area contributed by atoms with Crippen LogP contribution in [0.15, 0.2) is 0 Å². The maximum absolute atomic E-state index is 11.1. The van der Waals surface area contributed by atoms with Crippen LogP contribution in [0.1, 0.15) is 0 Å². The highest BCUT2D eigenvalue weighted by Gasteiger charge is 2.20. The van der Waals surface area contributed by atoms with Crippen LogP contribution >= 0.6 is 0 Å². The fraction of sp³-hybridized carbons (Fsp3) is 0. The largest absolute Gasteiger partial charge is 0.406 e. The normalized spacial score (nSPS) is 13.6. The number of halogens is 2. The Morgan fingerprint density at radius 3 is 1.11 bits per heavy atom.